The molecule has 17 heavy (non-hydrogen) atoms. The number of unbranched alkanes of at least 4 members (excludes halogenated alkanes) is 1. The third-order valence-corrected chi connectivity index (χ3v) is 4.29. The Kier molecular flexibility index (Phi) is 8.94. The molecule has 0 saturated carbocycles. The van der Waals surface area contributed by atoms with Gasteiger partial charge in [0, 0.05) is 0 Å². The molecule has 2 atom stereocenters. The molecule has 0 radical (unpaired) electrons. The molecule has 0 bridgehead atoms. The topological polar surface area (TPSA) is 20.2 Å². The van der Waals surface area contributed by atoms with E-state index in [0.29, 0.717) is 5.41 Å². The van der Waals surface area contributed by atoms with E-state index >= 15 is 0 Å². The highest BCUT2D eigenvalue weighted by molar-refractivity contribution is 4.69. The number of hydrogen-bond donors (Lipinski definition) is 1. The molecule has 0 aromatic rings. The summed E-state index contributed by atoms with van der Waals surface area (Å²) in [7, 11) is 0. The van der Waals surface area contributed by atoms with E-state index in [9.17, 15) is 5.11 Å². The Morgan fingerprint density at radius 2 is 1.59 bits per heavy atom. The van der Waals surface area contributed by atoms with E-state index in [0.717, 1.165) is 25.2 Å². The fourth-order valence-electron chi connectivity index (χ4n) is 1.96. The van der Waals surface area contributed by atoms with E-state index in [1.54, 1.807) is 0 Å². The van der Waals surface area contributed by atoms with Gasteiger partial charge in [-0.2, -0.15) is 0 Å². The van der Waals surface area contributed by atoms with Gasteiger partial charge in [-0.1, -0.05) is 66.7 Å². The summed E-state index contributed by atoms with van der Waals surface area (Å²) in [5.41, 5.74) is 0.401. The third-order valence-electron chi connectivity index (χ3n) is 4.29. The summed E-state index contributed by atoms with van der Waals surface area (Å²) in [5, 5.41) is 9.93. The average Bonchev–Trinajstić information content (AvgIpc) is 2.32. The van der Waals surface area contributed by atoms with Crippen LogP contribution in [0.25, 0.3) is 0 Å². The zero-order valence-corrected chi connectivity index (χ0v) is 12.8. The monoisotopic (exact) mass is 242 g/mol. The Morgan fingerprint density at radius 3 is 2.12 bits per heavy atom. The summed E-state index contributed by atoms with van der Waals surface area (Å²) in [6.07, 6.45) is 9.33. The van der Waals surface area contributed by atoms with Crippen LogP contribution < -0.4 is 0 Å². The van der Waals surface area contributed by atoms with Crippen molar-refractivity contribution >= 4 is 0 Å². The van der Waals surface area contributed by atoms with Crippen LogP contribution in [0.2, 0.25) is 0 Å². The lowest BCUT2D eigenvalue weighted by molar-refractivity contribution is 0.129. The minimum absolute atomic E-state index is 0.0715. The molecule has 1 N–H and O–H groups in total. The molecular weight excluding hydrogens is 208 g/mol. The first kappa shape index (κ1) is 17.0. The molecule has 0 saturated heterocycles. The van der Waals surface area contributed by atoms with Gasteiger partial charge >= 0.3 is 0 Å². The molecule has 0 heterocycles. The van der Waals surface area contributed by atoms with E-state index in [4.69, 9.17) is 0 Å². The average molecular weight is 242 g/mol. The highest BCUT2D eigenvalue weighted by Crippen LogP contribution is 2.27. The number of aliphatic hydroxyl groups excluding tert-OH is 1. The van der Waals surface area contributed by atoms with E-state index in [1.807, 2.05) is 0 Å². The summed E-state index contributed by atoms with van der Waals surface area (Å²) in [5.74, 6) is 0.853. The van der Waals surface area contributed by atoms with Crippen LogP contribution in [-0.2, 0) is 0 Å². The predicted octanol–water partition coefficient (Wildman–Crippen LogP) is 5.17. The fraction of sp³-hybridized carbons (Fsp3) is 1.00. The Hall–Kier alpha value is -0.0400. The van der Waals surface area contributed by atoms with Crippen molar-refractivity contribution in [3.63, 3.8) is 0 Å². The maximum Gasteiger partial charge on any atom is 0.0540 e. The summed E-state index contributed by atoms with van der Waals surface area (Å²) >= 11 is 0. The molecule has 1 nitrogen and oxygen atoms in total. The van der Waals surface area contributed by atoms with Crippen molar-refractivity contribution in [2.45, 2.75) is 92.1 Å². The first-order valence-corrected chi connectivity index (χ1v) is 7.59. The van der Waals surface area contributed by atoms with Crippen molar-refractivity contribution < 1.29 is 5.11 Å². The van der Waals surface area contributed by atoms with E-state index < -0.39 is 0 Å². The molecule has 0 aliphatic rings. The van der Waals surface area contributed by atoms with Gasteiger partial charge in [0.15, 0.2) is 0 Å². The quantitative estimate of drug-likeness (QED) is 0.524. The van der Waals surface area contributed by atoms with Gasteiger partial charge in [-0.05, 0) is 30.6 Å². The van der Waals surface area contributed by atoms with Crippen LogP contribution >= 0.6 is 0 Å². The molecule has 0 aromatic carbocycles. The van der Waals surface area contributed by atoms with Crippen LogP contribution in [0.5, 0.6) is 0 Å². The van der Waals surface area contributed by atoms with Crippen molar-refractivity contribution in [3.8, 4) is 0 Å². The minimum atomic E-state index is -0.0715. The second-order valence-electron chi connectivity index (χ2n) is 6.51. The molecule has 104 valence electrons. The molecule has 1 heteroatoms. The lowest BCUT2D eigenvalue weighted by Gasteiger charge is -2.24. The molecule has 0 aliphatic heterocycles. The highest BCUT2D eigenvalue weighted by atomic mass is 16.3. The standard InChI is InChI=1S/C16H34O/c1-6-14(3)10-8-9-11-15(17)12-13-16(4,5)7-2/h14-15,17H,6-13H2,1-5H3. The number of hydrogen-bond acceptors (Lipinski definition) is 1. The number of aliphatic hydroxyl groups is 1. The normalized spacial score (nSPS) is 15.9. The van der Waals surface area contributed by atoms with Crippen molar-refractivity contribution in [1.82, 2.24) is 0 Å². The number of rotatable bonds is 10. The molecule has 0 aromatic heterocycles. The predicted molar refractivity (Wildman–Crippen MR) is 77.2 cm³/mol. The van der Waals surface area contributed by atoms with Gasteiger partial charge in [0.05, 0.1) is 6.10 Å². The van der Waals surface area contributed by atoms with Crippen molar-refractivity contribution in [2.75, 3.05) is 0 Å². The fourth-order valence-corrected chi connectivity index (χ4v) is 1.96. The van der Waals surface area contributed by atoms with Gasteiger partial charge in [0.2, 0.25) is 0 Å². The Bertz CT molecular complexity index is 174. The summed E-state index contributed by atoms with van der Waals surface area (Å²) in [6, 6.07) is 0. The molecule has 0 spiro atoms. The Morgan fingerprint density at radius 1 is 1.00 bits per heavy atom. The van der Waals surface area contributed by atoms with Crippen LogP contribution in [0.1, 0.15) is 86.0 Å². The van der Waals surface area contributed by atoms with Gasteiger partial charge in [0.25, 0.3) is 0 Å². The molecule has 0 aliphatic carbocycles. The van der Waals surface area contributed by atoms with Crippen LogP contribution in [-0.4, -0.2) is 11.2 Å². The minimum Gasteiger partial charge on any atom is -0.393 e. The van der Waals surface area contributed by atoms with Gasteiger partial charge < -0.3 is 5.11 Å². The zero-order chi connectivity index (χ0) is 13.3. The van der Waals surface area contributed by atoms with Crippen molar-refractivity contribution in [3.05, 3.63) is 0 Å². The van der Waals surface area contributed by atoms with Crippen LogP contribution in [0, 0.1) is 11.3 Å². The highest BCUT2D eigenvalue weighted by Gasteiger charge is 2.16. The van der Waals surface area contributed by atoms with Crippen molar-refractivity contribution in [1.29, 1.82) is 0 Å². The van der Waals surface area contributed by atoms with Crippen molar-refractivity contribution in [2.24, 2.45) is 11.3 Å². The van der Waals surface area contributed by atoms with Gasteiger partial charge in [0.1, 0.15) is 0 Å². The van der Waals surface area contributed by atoms with E-state index in [1.165, 1.54) is 32.1 Å². The maximum absolute atomic E-state index is 9.93. The lowest BCUT2D eigenvalue weighted by Crippen LogP contribution is -2.15. The molecular formula is C16H34O. The summed E-state index contributed by atoms with van der Waals surface area (Å²) in [6.45, 7) is 11.4. The molecule has 0 rings (SSSR count). The van der Waals surface area contributed by atoms with E-state index in [2.05, 4.69) is 34.6 Å². The Balaban J connectivity index is 3.50. The summed E-state index contributed by atoms with van der Waals surface area (Å²) in [4.78, 5) is 0. The van der Waals surface area contributed by atoms with Crippen LogP contribution in [0.15, 0.2) is 0 Å². The molecule has 0 amide bonds. The van der Waals surface area contributed by atoms with E-state index in [-0.39, 0.29) is 6.10 Å². The largest absolute Gasteiger partial charge is 0.393 e. The summed E-state index contributed by atoms with van der Waals surface area (Å²) < 4.78 is 0. The zero-order valence-electron chi connectivity index (χ0n) is 12.8. The second kappa shape index (κ2) is 8.97. The van der Waals surface area contributed by atoms with Crippen LogP contribution in [0.4, 0.5) is 0 Å². The first-order valence-electron chi connectivity index (χ1n) is 7.59. The first-order chi connectivity index (χ1) is 7.91. The van der Waals surface area contributed by atoms with Gasteiger partial charge in [-0.3, -0.25) is 0 Å². The Labute approximate surface area is 109 Å². The van der Waals surface area contributed by atoms with Gasteiger partial charge in [-0.15, -0.1) is 0 Å². The molecule has 0 fully saturated rings. The lowest BCUT2D eigenvalue weighted by atomic mass is 9.84. The smallest absolute Gasteiger partial charge is 0.0540 e. The third kappa shape index (κ3) is 9.64. The molecule has 2 unspecified atom stereocenters. The van der Waals surface area contributed by atoms with Gasteiger partial charge in [-0.25, -0.2) is 0 Å². The van der Waals surface area contributed by atoms with Crippen LogP contribution in [0.3, 0.4) is 0 Å². The second-order valence-corrected chi connectivity index (χ2v) is 6.51. The maximum atomic E-state index is 9.93. The SMILES string of the molecule is CCC(C)CCCCC(O)CCC(C)(C)CC.